The molecule has 5 heteroatoms. The van der Waals surface area contributed by atoms with Crippen molar-refractivity contribution < 1.29 is 9.59 Å². The van der Waals surface area contributed by atoms with Crippen molar-refractivity contribution >= 4 is 11.8 Å². The summed E-state index contributed by atoms with van der Waals surface area (Å²) >= 11 is 0. The lowest BCUT2D eigenvalue weighted by Gasteiger charge is -2.43. The van der Waals surface area contributed by atoms with Crippen LogP contribution in [0.1, 0.15) is 40.0 Å². The van der Waals surface area contributed by atoms with E-state index in [9.17, 15) is 9.59 Å². The normalized spacial score (nSPS) is 25.1. The molecule has 2 rings (SSSR count). The first-order valence-corrected chi connectivity index (χ1v) is 7.80. The van der Waals surface area contributed by atoms with Gasteiger partial charge >= 0.3 is 0 Å². The molecule has 20 heavy (non-hydrogen) atoms. The van der Waals surface area contributed by atoms with E-state index in [4.69, 9.17) is 0 Å². The van der Waals surface area contributed by atoms with Crippen LogP contribution >= 0.6 is 0 Å². The summed E-state index contributed by atoms with van der Waals surface area (Å²) in [6.45, 7) is 8.93. The molecule has 0 aromatic heterocycles. The third-order valence-corrected chi connectivity index (χ3v) is 4.15. The van der Waals surface area contributed by atoms with Gasteiger partial charge in [0.15, 0.2) is 0 Å². The van der Waals surface area contributed by atoms with E-state index in [1.54, 1.807) is 9.80 Å². The van der Waals surface area contributed by atoms with E-state index in [0.717, 1.165) is 32.4 Å². The van der Waals surface area contributed by atoms with Gasteiger partial charge in [0.2, 0.25) is 11.8 Å². The first kappa shape index (κ1) is 15.3. The Kier molecular flexibility index (Phi) is 5.02. The third kappa shape index (κ3) is 3.51. The molecule has 2 aliphatic heterocycles. The molecule has 0 bridgehead atoms. The minimum atomic E-state index is -0.185. The van der Waals surface area contributed by atoms with Gasteiger partial charge in [0.25, 0.3) is 0 Å². The Morgan fingerprint density at radius 2 is 2.00 bits per heavy atom. The van der Waals surface area contributed by atoms with Crippen molar-refractivity contribution in [2.45, 2.75) is 52.1 Å². The average Bonchev–Trinajstić information content (AvgIpc) is 2.42. The van der Waals surface area contributed by atoms with Crippen molar-refractivity contribution in [2.75, 3.05) is 26.2 Å². The lowest BCUT2D eigenvalue weighted by molar-refractivity contribution is -0.158. The number of nitrogens with zero attached hydrogens (tertiary/aromatic N) is 2. The number of hydrogen-bond acceptors (Lipinski definition) is 3. The zero-order valence-corrected chi connectivity index (χ0v) is 12.9. The number of amides is 2. The Balaban J connectivity index is 1.91. The lowest BCUT2D eigenvalue weighted by Crippen LogP contribution is -2.61. The number of carbonyl (C=O) groups is 2. The lowest BCUT2D eigenvalue weighted by atomic mass is 9.97. The number of hydrogen-bond donors (Lipinski definition) is 1. The van der Waals surface area contributed by atoms with Crippen molar-refractivity contribution in [3.8, 4) is 0 Å². The molecule has 2 heterocycles. The van der Waals surface area contributed by atoms with Crippen LogP contribution in [0.4, 0.5) is 0 Å². The molecule has 0 aromatic rings. The summed E-state index contributed by atoms with van der Waals surface area (Å²) in [7, 11) is 0. The molecule has 114 valence electrons. The van der Waals surface area contributed by atoms with Gasteiger partial charge in [-0.1, -0.05) is 20.8 Å². The minimum absolute atomic E-state index is 0.123. The highest BCUT2D eigenvalue weighted by atomic mass is 16.2. The Morgan fingerprint density at radius 1 is 1.25 bits per heavy atom. The quantitative estimate of drug-likeness (QED) is 0.812. The largest absolute Gasteiger partial charge is 0.331 e. The molecular formula is C15H27N3O2. The van der Waals surface area contributed by atoms with Gasteiger partial charge in [-0.3, -0.25) is 9.59 Å². The molecule has 2 atom stereocenters. The third-order valence-electron chi connectivity index (χ3n) is 4.15. The highest BCUT2D eigenvalue weighted by Crippen LogP contribution is 2.23. The van der Waals surface area contributed by atoms with Crippen molar-refractivity contribution in [1.82, 2.24) is 15.1 Å². The van der Waals surface area contributed by atoms with Gasteiger partial charge in [0.1, 0.15) is 6.04 Å². The summed E-state index contributed by atoms with van der Waals surface area (Å²) < 4.78 is 0. The number of rotatable bonds is 5. The highest BCUT2D eigenvalue weighted by molar-refractivity contribution is 5.95. The van der Waals surface area contributed by atoms with Gasteiger partial charge in [-0.25, -0.2) is 0 Å². The maximum atomic E-state index is 12.5. The standard InChI is InChI=1S/C15H27N3O2/c1-11(2)16-8-12(3)9-17-10-14(19)18-7-5-4-6-13(18)15(17)20/h11-13,16H,4-10H2,1-3H3. The second kappa shape index (κ2) is 6.57. The van der Waals surface area contributed by atoms with Crippen LogP contribution in [0.25, 0.3) is 0 Å². The molecule has 2 amide bonds. The summed E-state index contributed by atoms with van der Waals surface area (Å²) in [5, 5.41) is 3.38. The Hall–Kier alpha value is -1.10. The van der Waals surface area contributed by atoms with E-state index in [2.05, 4.69) is 26.1 Å². The molecule has 5 nitrogen and oxygen atoms in total. The maximum absolute atomic E-state index is 12.5. The average molecular weight is 281 g/mol. The van der Waals surface area contributed by atoms with Crippen molar-refractivity contribution in [1.29, 1.82) is 0 Å². The second-order valence-electron chi connectivity index (χ2n) is 6.49. The number of carbonyl (C=O) groups excluding carboxylic acids is 2. The first-order valence-electron chi connectivity index (χ1n) is 7.80. The molecule has 0 spiro atoms. The van der Waals surface area contributed by atoms with Crippen molar-refractivity contribution in [2.24, 2.45) is 5.92 Å². The Labute approximate surface area is 121 Å². The first-order chi connectivity index (χ1) is 9.49. The molecule has 0 radical (unpaired) electrons. The van der Waals surface area contributed by atoms with E-state index in [1.165, 1.54) is 0 Å². The topological polar surface area (TPSA) is 52.7 Å². The van der Waals surface area contributed by atoms with Crippen molar-refractivity contribution in [3.05, 3.63) is 0 Å². The summed E-state index contributed by atoms with van der Waals surface area (Å²) in [5.74, 6) is 0.642. The minimum Gasteiger partial charge on any atom is -0.331 e. The molecule has 0 aliphatic carbocycles. The van der Waals surface area contributed by atoms with Crippen LogP contribution in [-0.2, 0) is 9.59 Å². The number of piperazine rings is 1. The number of nitrogens with one attached hydrogen (secondary N) is 1. The van der Waals surface area contributed by atoms with E-state index < -0.39 is 0 Å². The Morgan fingerprint density at radius 3 is 2.70 bits per heavy atom. The molecule has 1 N–H and O–H groups in total. The van der Waals surface area contributed by atoms with Gasteiger partial charge in [-0.2, -0.15) is 0 Å². The summed E-state index contributed by atoms with van der Waals surface area (Å²) in [6, 6.07) is 0.264. The fourth-order valence-corrected chi connectivity index (χ4v) is 3.06. The van der Waals surface area contributed by atoms with Crippen molar-refractivity contribution in [3.63, 3.8) is 0 Å². The monoisotopic (exact) mass is 281 g/mol. The molecule has 0 aromatic carbocycles. The number of piperidine rings is 1. The molecule has 2 fully saturated rings. The SMILES string of the molecule is CC(CNC(C)C)CN1CC(=O)N2CCCCC2C1=O. The zero-order chi connectivity index (χ0) is 14.7. The van der Waals surface area contributed by atoms with Gasteiger partial charge in [0.05, 0.1) is 6.54 Å². The molecule has 0 saturated carbocycles. The van der Waals surface area contributed by atoms with Gasteiger partial charge in [-0.05, 0) is 31.7 Å². The fourth-order valence-electron chi connectivity index (χ4n) is 3.06. The molecule has 2 saturated heterocycles. The summed E-state index contributed by atoms with van der Waals surface area (Å²) in [6.07, 6.45) is 2.92. The highest BCUT2D eigenvalue weighted by Gasteiger charge is 2.40. The van der Waals surface area contributed by atoms with Crippen LogP contribution in [0.3, 0.4) is 0 Å². The maximum Gasteiger partial charge on any atom is 0.245 e. The Bertz CT molecular complexity index is 370. The smallest absolute Gasteiger partial charge is 0.245 e. The van der Waals surface area contributed by atoms with Crippen LogP contribution in [0.2, 0.25) is 0 Å². The summed E-state index contributed by atoms with van der Waals surface area (Å²) in [4.78, 5) is 28.2. The van der Waals surface area contributed by atoms with E-state index in [-0.39, 0.29) is 24.4 Å². The van der Waals surface area contributed by atoms with Gasteiger partial charge in [-0.15, -0.1) is 0 Å². The fraction of sp³-hybridized carbons (Fsp3) is 0.867. The van der Waals surface area contributed by atoms with Gasteiger partial charge in [0, 0.05) is 19.1 Å². The summed E-state index contributed by atoms with van der Waals surface area (Å²) in [5.41, 5.74) is 0. The van der Waals surface area contributed by atoms with Gasteiger partial charge < -0.3 is 15.1 Å². The van der Waals surface area contributed by atoms with Crippen LogP contribution in [0.15, 0.2) is 0 Å². The van der Waals surface area contributed by atoms with Crippen LogP contribution in [0.5, 0.6) is 0 Å². The molecule has 2 aliphatic rings. The predicted molar refractivity (Wildman–Crippen MR) is 78.2 cm³/mol. The molecular weight excluding hydrogens is 254 g/mol. The van der Waals surface area contributed by atoms with E-state index >= 15 is 0 Å². The number of fused-ring (bicyclic) bond motifs is 1. The second-order valence-corrected chi connectivity index (χ2v) is 6.49. The predicted octanol–water partition coefficient (Wildman–Crippen LogP) is 0.844. The van der Waals surface area contributed by atoms with Crippen LogP contribution in [0, 0.1) is 5.92 Å². The van der Waals surface area contributed by atoms with Crippen LogP contribution in [-0.4, -0.2) is 59.9 Å². The molecule has 2 unspecified atom stereocenters. The zero-order valence-electron chi connectivity index (χ0n) is 12.9. The van der Waals surface area contributed by atoms with E-state index in [1.807, 2.05) is 0 Å². The van der Waals surface area contributed by atoms with E-state index in [0.29, 0.717) is 18.5 Å². The van der Waals surface area contributed by atoms with Crippen LogP contribution < -0.4 is 5.32 Å².